The molecule has 0 saturated carbocycles. The van der Waals surface area contributed by atoms with E-state index in [1.807, 2.05) is 0 Å². The van der Waals surface area contributed by atoms with Crippen molar-refractivity contribution in [1.29, 1.82) is 0 Å². The van der Waals surface area contributed by atoms with Crippen molar-refractivity contribution in [1.82, 2.24) is 10.5 Å². The molecule has 3 nitrogen and oxygen atoms in total. The number of hydrogen-bond donors (Lipinski definition) is 1. The quantitative estimate of drug-likeness (QED) is 0.791. The summed E-state index contributed by atoms with van der Waals surface area (Å²) in [4.78, 5) is 0. The van der Waals surface area contributed by atoms with Crippen LogP contribution in [0.2, 0.25) is 0 Å². The van der Waals surface area contributed by atoms with Gasteiger partial charge in [-0.25, -0.2) is 0 Å². The molecular weight excluding hydrogens is 200 g/mol. The summed E-state index contributed by atoms with van der Waals surface area (Å²) in [6.07, 6.45) is 0.939. The van der Waals surface area contributed by atoms with Crippen LogP contribution in [0.5, 0.6) is 0 Å². The molecule has 0 atom stereocenters. The molecular formula is C13H14N2O. The predicted octanol–water partition coefficient (Wildman–Crippen LogP) is 2.30. The normalized spacial score (nSPS) is 14.8. The van der Waals surface area contributed by atoms with Crippen LogP contribution in [0.4, 0.5) is 0 Å². The molecule has 1 aliphatic rings. The van der Waals surface area contributed by atoms with Gasteiger partial charge in [-0.05, 0) is 13.0 Å². The third-order valence-corrected chi connectivity index (χ3v) is 2.99. The van der Waals surface area contributed by atoms with Crippen molar-refractivity contribution < 1.29 is 4.52 Å². The van der Waals surface area contributed by atoms with Crippen LogP contribution < -0.4 is 5.32 Å². The Morgan fingerprint density at radius 3 is 3.19 bits per heavy atom. The largest absolute Gasteiger partial charge is 0.360 e. The van der Waals surface area contributed by atoms with E-state index in [1.165, 1.54) is 11.1 Å². The topological polar surface area (TPSA) is 38.1 Å². The van der Waals surface area contributed by atoms with Crippen LogP contribution in [0.15, 0.2) is 28.8 Å². The van der Waals surface area contributed by atoms with Crippen LogP contribution in [0.25, 0.3) is 11.3 Å². The lowest BCUT2D eigenvalue weighted by molar-refractivity contribution is 0.374. The standard InChI is InChI=1S/C13H14N2O/c1-9-3-2-4-10(7-9)13-11-8-14-6-5-12(11)16-15-13/h2-4,7,14H,5-6,8H2,1H3. The Morgan fingerprint density at radius 1 is 1.38 bits per heavy atom. The molecule has 16 heavy (non-hydrogen) atoms. The first-order chi connectivity index (χ1) is 7.84. The van der Waals surface area contributed by atoms with Gasteiger partial charge in [-0.15, -0.1) is 0 Å². The predicted molar refractivity (Wildman–Crippen MR) is 62.1 cm³/mol. The zero-order valence-corrected chi connectivity index (χ0v) is 9.29. The lowest BCUT2D eigenvalue weighted by Gasteiger charge is -2.11. The number of aromatic nitrogens is 1. The van der Waals surface area contributed by atoms with Crippen LogP contribution in [0.1, 0.15) is 16.9 Å². The molecule has 0 unspecified atom stereocenters. The summed E-state index contributed by atoms with van der Waals surface area (Å²) in [6, 6.07) is 8.38. The Bertz CT molecular complexity index is 516. The number of nitrogens with zero attached hydrogens (tertiary/aromatic N) is 1. The highest BCUT2D eigenvalue weighted by atomic mass is 16.5. The monoisotopic (exact) mass is 214 g/mol. The maximum atomic E-state index is 5.39. The molecule has 1 aromatic carbocycles. The fourth-order valence-electron chi connectivity index (χ4n) is 2.16. The van der Waals surface area contributed by atoms with Crippen LogP contribution in [-0.2, 0) is 13.0 Å². The highest BCUT2D eigenvalue weighted by Gasteiger charge is 2.19. The van der Waals surface area contributed by atoms with Gasteiger partial charge < -0.3 is 9.84 Å². The molecule has 1 aromatic heterocycles. The highest BCUT2D eigenvalue weighted by Crippen LogP contribution is 2.27. The molecule has 0 fully saturated rings. The van der Waals surface area contributed by atoms with Gasteiger partial charge >= 0.3 is 0 Å². The van der Waals surface area contributed by atoms with E-state index >= 15 is 0 Å². The van der Waals surface area contributed by atoms with E-state index in [1.54, 1.807) is 0 Å². The summed E-state index contributed by atoms with van der Waals surface area (Å²) >= 11 is 0. The number of aryl methyl sites for hydroxylation is 1. The molecule has 2 aromatic rings. The van der Waals surface area contributed by atoms with Gasteiger partial charge in [-0.1, -0.05) is 28.9 Å². The average molecular weight is 214 g/mol. The van der Waals surface area contributed by atoms with Crippen molar-refractivity contribution in [2.24, 2.45) is 0 Å². The summed E-state index contributed by atoms with van der Waals surface area (Å²) in [5.41, 5.74) is 4.61. The number of rotatable bonds is 1. The van der Waals surface area contributed by atoms with Crippen LogP contribution in [0, 0.1) is 6.92 Å². The van der Waals surface area contributed by atoms with E-state index in [4.69, 9.17) is 4.52 Å². The number of benzene rings is 1. The highest BCUT2D eigenvalue weighted by molar-refractivity contribution is 5.64. The fourth-order valence-corrected chi connectivity index (χ4v) is 2.16. The molecule has 1 aliphatic heterocycles. The van der Waals surface area contributed by atoms with Crippen molar-refractivity contribution in [3.63, 3.8) is 0 Å². The minimum atomic E-state index is 0.863. The molecule has 3 heteroatoms. The van der Waals surface area contributed by atoms with Crippen molar-refractivity contribution in [3.8, 4) is 11.3 Å². The molecule has 0 spiro atoms. The summed E-state index contributed by atoms with van der Waals surface area (Å²) in [7, 11) is 0. The summed E-state index contributed by atoms with van der Waals surface area (Å²) < 4.78 is 5.39. The molecule has 82 valence electrons. The maximum absolute atomic E-state index is 5.39. The van der Waals surface area contributed by atoms with E-state index in [-0.39, 0.29) is 0 Å². The zero-order valence-electron chi connectivity index (χ0n) is 9.29. The van der Waals surface area contributed by atoms with Gasteiger partial charge in [0.05, 0.1) is 0 Å². The van der Waals surface area contributed by atoms with Crippen molar-refractivity contribution in [3.05, 3.63) is 41.2 Å². The van der Waals surface area contributed by atoms with Gasteiger partial charge in [0.15, 0.2) is 0 Å². The Balaban J connectivity index is 2.09. The molecule has 0 aliphatic carbocycles. The lowest BCUT2D eigenvalue weighted by atomic mass is 10.0. The number of nitrogens with one attached hydrogen (secondary N) is 1. The summed E-state index contributed by atoms with van der Waals surface area (Å²) in [5, 5.41) is 7.55. The first kappa shape index (κ1) is 9.60. The number of fused-ring (bicyclic) bond motifs is 1. The lowest BCUT2D eigenvalue weighted by Crippen LogP contribution is -2.22. The van der Waals surface area contributed by atoms with E-state index in [0.717, 1.165) is 36.5 Å². The van der Waals surface area contributed by atoms with Gasteiger partial charge in [0, 0.05) is 30.6 Å². The first-order valence-corrected chi connectivity index (χ1v) is 5.60. The Labute approximate surface area is 94.5 Å². The van der Waals surface area contributed by atoms with Gasteiger partial charge in [0.25, 0.3) is 0 Å². The van der Waals surface area contributed by atoms with Crippen molar-refractivity contribution in [2.75, 3.05) is 6.54 Å². The second-order valence-electron chi connectivity index (χ2n) is 4.23. The average Bonchev–Trinajstić information content (AvgIpc) is 2.72. The number of hydrogen-bond acceptors (Lipinski definition) is 3. The first-order valence-electron chi connectivity index (χ1n) is 5.60. The third kappa shape index (κ3) is 1.53. The van der Waals surface area contributed by atoms with E-state index in [0.29, 0.717) is 0 Å². The molecule has 3 rings (SSSR count). The SMILES string of the molecule is Cc1cccc(-c2noc3c2CNCC3)c1. The zero-order chi connectivity index (χ0) is 11.0. The van der Waals surface area contributed by atoms with Gasteiger partial charge in [-0.2, -0.15) is 0 Å². The van der Waals surface area contributed by atoms with Crippen LogP contribution in [-0.4, -0.2) is 11.7 Å². The summed E-state index contributed by atoms with van der Waals surface area (Å²) in [5.74, 6) is 1.04. The minimum Gasteiger partial charge on any atom is -0.360 e. The molecule has 0 bridgehead atoms. The Hall–Kier alpha value is -1.61. The molecule has 0 amide bonds. The fraction of sp³-hybridized carbons (Fsp3) is 0.308. The van der Waals surface area contributed by atoms with Crippen LogP contribution >= 0.6 is 0 Å². The molecule has 0 saturated heterocycles. The minimum absolute atomic E-state index is 0.863. The van der Waals surface area contributed by atoms with Crippen LogP contribution in [0.3, 0.4) is 0 Å². The maximum Gasteiger partial charge on any atom is 0.143 e. The Morgan fingerprint density at radius 2 is 2.31 bits per heavy atom. The Kier molecular flexibility index (Phi) is 2.26. The second-order valence-corrected chi connectivity index (χ2v) is 4.23. The molecule has 2 heterocycles. The van der Waals surface area contributed by atoms with E-state index < -0.39 is 0 Å². The van der Waals surface area contributed by atoms with Crippen molar-refractivity contribution in [2.45, 2.75) is 19.9 Å². The van der Waals surface area contributed by atoms with Gasteiger partial charge in [-0.3, -0.25) is 0 Å². The van der Waals surface area contributed by atoms with E-state index in [2.05, 4.69) is 41.7 Å². The smallest absolute Gasteiger partial charge is 0.143 e. The molecule has 0 radical (unpaired) electrons. The van der Waals surface area contributed by atoms with Crippen molar-refractivity contribution >= 4 is 0 Å². The van der Waals surface area contributed by atoms with E-state index in [9.17, 15) is 0 Å². The molecule has 1 N–H and O–H groups in total. The third-order valence-electron chi connectivity index (χ3n) is 2.99. The summed E-state index contributed by atoms with van der Waals surface area (Å²) in [6.45, 7) is 3.94. The second kappa shape index (κ2) is 3.76. The van der Waals surface area contributed by atoms with Gasteiger partial charge in [0.2, 0.25) is 0 Å². The van der Waals surface area contributed by atoms with Gasteiger partial charge in [0.1, 0.15) is 11.5 Å².